The number of nitrogens with one attached hydrogen (secondary N) is 2. The van der Waals surface area contributed by atoms with Gasteiger partial charge in [0.1, 0.15) is 5.82 Å². The van der Waals surface area contributed by atoms with Crippen molar-refractivity contribution in [1.82, 2.24) is 15.0 Å². The molecule has 1 aromatic heterocycles. The lowest BCUT2D eigenvalue weighted by atomic mass is 10.2. The monoisotopic (exact) mass is 381 g/mol. The van der Waals surface area contributed by atoms with E-state index in [9.17, 15) is 17.6 Å². The quantitative estimate of drug-likeness (QED) is 0.763. The normalized spacial score (nSPS) is 11.4. The number of nitrogens with zero attached hydrogens (tertiary/aromatic N) is 1. The molecule has 0 aliphatic rings. The van der Waals surface area contributed by atoms with E-state index >= 15 is 0 Å². The number of hydrogen-bond donors (Lipinski definition) is 2. The average Bonchev–Trinajstić information content (AvgIpc) is 2.59. The molecule has 0 saturated carbocycles. The second-order valence-corrected chi connectivity index (χ2v) is 7.49. The average molecular weight is 381 g/mol. The molecule has 26 heavy (non-hydrogen) atoms. The number of methoxy groups -OCH3 is 1. The fraction of sp³-hybridized carbons (Fsp3) is 0.294. The number of benzene rings is 1. The zero-order valence-corrected chi connectivity index (χ0v) is 15.4. The van der Waals surface area contributed by atoms with Crippen molar-refractivity contribution < 1.29 is 22.3 Å². The third-order valence-electron chi connectivity index (χ3n) is 3.37. The molecule has 1 heterocycles. The van der Waals surface area contributed by atoms with E-state index < -0.39 is 21.7 Å². The van der Waals surface area contributed by atoms with E-state index in [2.05, 4.69) is 15.0 Å². The molecule has 0 bridgehead atoms. The van der Waals surface area contributed by atoms with Crippen LogP contribution in [0, 0.1) is 5.82 Å². The molecule has 2 aromatic rings. The summed E-state index contributed by atoms with van der Waals surface area (Å²) in [6.07, 6.45) is 1.54. The van der Waals surface area contributed by atoms with Crippen molar-refractivity contribution in [1.29, 1.82) is 0 Å². The summed E-state index contributed by atoms with van der Waals surface area (Å²) >= 11 is 0. The maximum atomic E-state index is 14.0. The van der Waals surface area contributed by atoms with E-state index in [1.54, 1.807) is 32.2 Å². The molecule has 0 saturated heterocycles. The van der Waals surface area contributed by atoms with Crippen LogP contribution in [0.15, 0.2) is 41.4 Å². The van der Waals surface area contributed by atoms with Gasteiger partial charge in [0.25, 0.3) is 5.91 Å². The van der Waals surface area contributed by atoms with Gasteiger partial charge in [0.15, 0.2) is 0 Å². The van der Waals surface area contributed by atoms with E-state index in [0.29, 0.717) is 11.4 Å². The van der Waals surface area contributed by atoms with Crippen LogP contribution in [0.3, 0.4) is 0 Å². The van der Waals surface area contributed by atoms with Crippen molar-refractivity contribution >= 4 is 15.9 Å². The van der Waals surface area contributed by atoms with E-state index in [1.807, 2.05) is 0 Å². The fourth-order valence-corrected chi connectivity index (χ4v) is 3.51. The molecule has 0 aliphatic heterocycles. The molecule has 0 fully saturated rings. The van der Waals surface area contributed by atoms with E-state index in [1.165, 1.54) is 7.11 Å². The SMILES string of the molecule is COc1ncccc1CNC(=O)c1cc(S(=O)(=O)NC(C)C)ccc1F. The van der Waals surface area contributed by atoms with Gasteiger partial charge in [-0.05, 0) is 38.1 Å². The molecule has 2 N–H and O–H groups in total. The summed E-state index contributed by atoms with van der Waals surface area (Å²) in [7, 11) is -2.39. The lowest BCUT2D eigenvalue weighted by Crippen LogP contribution is -2.31. The molecule has 0 radical (unpaired) electrons. The minimum absolute atomic E-state index is 0.0521. The third kappa shape index (κ3) is 4.77. The Kier molecular flexibility index (Phi) is 6.27. The number of sulfonamides is 1. The van der Waals surface area contributed by atoms with E-state index in [0.717, 1.165) is 18.2 Å². The summed E-state index contributed by atoms with van der Waals surface area (Å²) in [4.78, 5) is 16.1. The first-order valence-electron chi connectivity index (χ1n) is 7.82. The molecule has 2 rings (SSSR count). The van der Waals surface area contributed by atoms with E-state index in [-0.39, 0.29) is 23.0 Å². The van der Waals surface area contributed by atoms with E-state index in [4.69, 9.17) is 4.74 Å². The van der Waals surface area contributed by atoms with Crippen LogP contribution in [-0.4, -0.2) is 32.5 Å². The zero-order chi connectivity index (χ0) is 19.3. The largest absolute Gasteiger partial charge is 0.481 e. The van der Waals surface area contributed by atoms with Crippen molar-refractivity contribution in [3.05, 3.63) is 53.5 Å². The predicted molar refractivity (Wildman–Crippen MR) is 93.8 cm³/mol. The predicted octanol–water partition coefficient (Wildman–Crippen LogP) is 1.85. The molecule has 0 atom stereocenters. The second-order valence-electron chi connectivity index (χ2n) is 5.77. The minimum atomic E-state index is -3.84. The molecule has 9 heteroatoms. The highest BCUT2D eigenvalue weighted by Crippen LogP contribution is 2.17. The molecular weight excluding hydrogens is 361 g/mol. The third-order valence-corrected chi connectivity index (χ3v) is 5.02. The Morgan fingerprint density at radius 1 is 1.31 bits per heavy atom. The maximum absolute atomic E-state index is 14.0. The highest BCUT2D eigenvalue weighted by molar-refractivity contribution is 7.89. The topological polar surface area (TPSA) is 97.4 Å². The maximum Gasteiger partial charge on any atom is 0.254 e. The smallest absolute Gasteiger partial charge is 0.254 e. The molecule has 0 unspecified atom stereocenters. The van der Waals surface area contributed by atoms with Crippen LogP contribution in [0.4, 0.5) is 4.39 Å². The summed E-state index contributed by atoms with van der Waals surface area (Å²) < 4.78 is 45.9. The van der Waals surface area contributed by atoms with Gasteiger partial charge in [0.05, 0.1) is 17.6 Å². The number of carbonyl (C=O) groups excluding carboxylic acids is 1. The lowest BCUT2D eigenvalue weighted by Gasteiger charge is -2.12. The number of pyridine rings is 1. The van der Waals surface area contributed by atoms with Gasteiger partial charge in [-0.1, -0.05) is 6.07 Å². The van der Waals surface area contributed by atoms with Crippen LogP contribution >= 0.6 is 0 Å². The van der Waals surface area contributed by atoms with Gasteiger partial charge in [-0.15, -0.1) is 0 Å². The van der Waals surface area contributed by atoms with Gasteiger partial charge in [-0.25, -0.2) is 22.5 Å². The number of carbonyl (C=O) groups is 1. The highest BCUT2D eigenvalue weighted by Gasteiger charge is 2.20. The standard InChI is InChI=1S/C17H20FN3O4S/c1-11(2)21-26(23,24)13-6-7-15(18)14(9-13)16(22)20-10-12-5-4-8-19-17(12)25-3/h4-9,11,21H,10H2,1-3H3,(H,20,22). The van der Waals surface area contributed by atoms with Crippen LogP contribution in [0.25, 0.3) is 0 Å². The molecule has 1 amide bonds. The minimum Gasteiger partial charge on any atom is -0.481 e. The number of hydrogen-bond acceptors (Lipinski definition) is 5. The first-order chi connectivity index (χ1) is 12.2. The lowest BCUT2D eigenvalue weighted by molar-refractivity contribution is 0.0946. The van der Waals surface area contributed by atoms with Crippen molar-refractivity contribution in [2.75, 3.05) is 7.11 Å². The summed E-state index contributed by atoms with van der Waals surface area (Å²) in [5, 5.41) is 2.54. The molecular formula is C17H20FN3O4S. The number of rotatable bonds is 7. The van der Waals surface area contributed by atoms with Crippen LogP contribution in [0.5, 0.6) is 5.88 Å². The summed E-state index contributed by atoms with van der Waals surface area (Å²) in [5.41, 5.74) is 0.244. The molecule has 7 nitrogen and oxygen atoms in total. The Bertz CT molecular complexity index is 901. The molecule has 0 aliphatic carbocycles. The van der Waals surface area contributed by atoms with Gasteiger partial charge in [0.2, 0.25) is 15.9 Å². The van der Waals surface area contributed by atoms with Crippen LogP contribution in [0.2, 0.25) is 0 Å². The Labute approximate surface area is 151 Å². The van der Waals surface area contributed by atoms with Crippen LogP contribution in [-0.2, 0) is 16.6 Å². The number of ether oxygens (including phenoxy) is 1. The van der Waals surface area contributed by atoms with Crippen molar-refractivity contribution in [3.8, 4) is 5.88 Å². The summed E-state index contributed by atoms with van der Waals surface area (Å²) in [6, 6.07) is 6.12. The Hall–Kier alpha value is -2.52. The Morgan fingerprint density at radius 3 is 2.69 bits per heavy atom. The van der Waals surface area contributed by atoms with Gasteiger partial charge >= 0.3 is 0 Å². The van der Waals surface area contributed by atoms with Crippen LogP contribution < -0.4 is 14.8 Å². The first-order valence-corrected chi connectivity index (χ1v) is 9.31. The summed E-state index contributed by atoms with van der Waals surface area (Å²) in [5.74, 6) is -1.22. The number of aromatic nitrogens is 1. The van der Waals surface area contributed by atoms with Crippen LogP contribution in [0.1, 0.15) is 29.8 Å². The molecule has 0 spiro atoms. The molecule has 140 valence electrons. The number of halogens is 1. The fourth-order valence-electron chi connectivity index (χ4n) is 2.24. The Balaban J connectivity index is 2.22. The van der Waals surface area contributed by atoms with Gasteiger partial charge in [-0.2, -0.15) is 0 Å². The molecule has 1 aromatic carbocycles. The highest BCUT2D eigenvalue weighted by atomic mass is 32.2. The van der Waals surface area contributed by atoms with Gasteiger partial charge in [0, 0.05) is 24.3 Å². The van der Waals surface area contributed by atoms with Crippen molar-refractivity contribution in [2.24, 2.45) is 0 Å². The van der Waals surface area contributed by atoms with Crippen molar-refractivity contribution in [3.63, 3.8) is 0 Å². The second kappa shape index (κ2) is 8.24. The van der Waals surface area contributed by atoms with Gasteiger partial charge < -0.3 is 10.1 Å². The Morgan fingerprint density at radius 2 is 2.04 bits per heavy atom. The first kappa shape index (κ1) is 19.8. The van der Waals surface area contributed by atoms with Gasteiger partial charge in [-0.3, -0.25) is 4.79 Å². The summed E-state index contributed by atoms with van der Waals surface area (Å²) in [6.45, 7) is 3.38. The van der Waals surface area contributed by atoms with Crippen molar-refractivity contribution in [2.45, 2.75) is 31.3 Å². The number of amides is 1. The zero-order valence-electron chi connectivity index (χ0n) is 14.6.